The summed E-state index contributed by atoms with van der Waals surface area (Å²) in [5.74, 6) is -3.55. The van der Waals surface area contributed by atoms with Gasteiger partial charge in [0, 0.05) is 35.8 Å². The molecule has 2 heterocycles. The zero-order chi connectivity index (χ0) is 72.1. The lowest BCUT2D eigenvalue weighted by molar-refractivity contribution is -0.144. The average molecular weight is 1390 g/mol. The van der Waals surface area contributed by atoms with Crippen LogP contribution < -0.4 is 9.47 Å². The highest BCUT2D eigenvalue weighted by Crippen LogP contribution is 2.47. The molecule has 2 N–H and O–H groups in total. The van der Waals surface area contributed by atoms with Gasteiger partial charge < -0.3 is 29.4 Å². The zero-order valence-electron chi connectivity index (χ0n) is 51.6. The Morgan fingerprint density at radius 3 is 0.969 bits per heavy atom. The van der Waals surface area contributed by atoms with E-state index >= 15 is 0 Å². The van der Waals surface area contributed by atoms with Crippen LogP contribution in [0, 0.1) is 25.7 Å². The highest BCUT2D eigenvalue weighted by molar-refractivity contribution is 5.94. The van der Waals surface area contributed by atoms with E-state index in [0.29, 0.717) is 68.8 Å². The molecule has 0 spiro atoms. The average Bonchev–Trinajstić information content (AvgIpc) is 1.36. The fourth-order valence-corrected chi connectivity index (χ4v) is 11.5. The van der Waals surface area contributed by atoms with Crippen molar-refractivity contribution in [3.8, 4) is 56.0 Å². The molecule has 0 fully saturated rings. The van der Waals surface area contributed by atoms with Crippen LogP contribution in [0.3, 0.4) is 0 Å². The minimum Gasteiger partial charge on any atom is -0.496 e. The molecule has 0 aliphatic carbocycles. The van der Waals surface area contributed by atoms with Gasteiger partial charge in [-0.25, -0.2) is 9.59 Å². The summed E-state index contributed by atoms with van der Waals surface area (Å²) in [6.45, 7) is 6.30. The Morgan fingerprint density at radius 1 is 0.388 bits per heavy atom. The second-order valence-corrected chi connectivity index (χ2v) is 23.1. The second kappa shape index (κ2) is 27.1. The van der Waals surface area contributed by atoms with Crippen molar-refractivity contribution in [1.29, 1.82) is 0 Å². The van der Waals surface area contributed by atoms with E-state index in [2.05, 4.69) is 10.3 Å². The maximum absolute atomic E-state index is 13.9. The molecule has 28 heteroatoms. The number of aryl methyl sites for hydroxylation is 2. The van der Waals surface area contributed by atoms with E-state index in [4.69, 9.17) is 19.1 Å². The van der Waals surface area contributed by atoms with Crippen molar-refractivity contribution in [2.75, 3.05) is 14.2 Å². The lowest BCUT2D eigenvalue weighted by Crippen LogP contribution is -2.19. The first-order valence-electron chi connectivity index (χ1n) is 29.0. The number of carboxylic acids is 2. The number of carboxylic acid groups (broad SMARTS) is 2. The number of methoxy groups -OCH3 is 2. The first-order valence-corrected chi connectivity index (χ1v) is 29.0. The van der Waals surface area contributed by atoms with Gasteiger partial charge >= 0.3 is 49.0 Å². The Balaban J connectivity index is 0.000000229. The molecule has 4 atom stereocenters. The largest absolute Gasteiger partial charge is 0.496 e. The minimum atomic E-state index is -5.10. The monoisotopic (exact) mass is 1390 g/mol. The summed E-state index contributed by atoms with van der Waals surface area (Å²) in [4.78, 5) is 33.5. The van der Waals surface area contributed by atoms with Crippen molar-refractivity contribution < 1.29 is 118 Å². The summed E-state index contributed by atoms with van der Waals surface area (Å²) in [5, 5.41) is 26.5. The highest BCUT2D eigenvalue weighted by atomic mass is 19.4. The highest BCUT2D eigenvalue weighted by Gasteiger charge is 2.43. The molecule has 0 saturated carbocycles. The number of hydrogen-bond acceptors (Lipinski definition) is 8. The van der Waals surface area contributed by atoms with Crippen molar-refractivity contribution in [2.45, 2.75) is 89.8 Å². The number of carbonyl (C=O) groups is 2. The Morgan fingerprint density at radius 2 is 0.694 bits per heavy atom. The Bertz CT molecular complexity index is 4110. The number of nitrogens with zero attached hydrogens (tertiary/aromatic N) is 2. The molecular formula is C70H52F18N2O8. The third kappa shape index (κ3) is 15.8. The molecule has 0 aromatic heterocycles. The van der Waals surface area contributed by atoms with Crippen LogP contribution in [-0.2, 0) is 59.6 Å². The summed E-state index contributed by atoms with van der Waals surface area (Å²) < 4.78 is 257. The van der Waals surface area contributed by atoms with E-state index in [-0.39, 0.29) is 81.3 Å². The maximum Gasteiger partial charge on any atom is 0.416 e. The summed E-state index contributed by atoms with van der Waals surface area (Å²) in [6, 6.07) is 27.0. The predicted molar refractivity (Wildman–Crippen MR) is 322 cm³/mol. The van der Waals surface area contributed by atoms with Crippen molar-refractivity contribution in [3.05, 3.63) is 223 Å². The van der Waals surface area contributed by atoms with E-state index in [1.165, 1.54) is 64.5 Å². The van der Waals surface area contributed by atoms with E-state index in [1.54, 1.807) is 62.4 Å². The number of hydrogen-bond donors (Lipinski definition) is 2. The van der Waals surface area contributed by atoms with Gasteiger partial charge in [-0.15, -0.1) is 0 Å². The smallest absolute Gasteiger partial charge is 0.416 e. The van der Waals surface area contributed by atoms with Gasteiger partial charge in [-0.05, 0) is 190 Å². The number of oxime groups is 2. The van der Waals surface area contributed by atoms with Gasteiger partial charge in [0.05, 0.1) is 70.2 Å². The second-order valence-electron chi connectivity index (χ2n) is 23.1. The number of ether oxygens (including phenoxy) is 2. The van der Waals surface area contributed by atoms with Gasteiger partial charge in [0.2, 0.25) is 0 Å². The van der Waals surface area contributed by atoms with Gasteiger partial charge in [-0.2, -0.15) is 79.0 Å². The lowest BCUT2D eigenvalue weighted by atomic mass is 9.86. The van der Waals surface area contributed by atoms with Crippen LogP contribution >= 0.6 is 0 Å². The van der Waals surface area contributed by atoms with Crippen LogP contribution in [0.1, 0.15) is 114 Å². The van der Waals surface area contributed by atoms with Gasteiger partial charge in [0.15, 0.2) is 12.2 Å². The Labute approximate surface area is 545 Å². The molecule has 8 aromatic rings. The Hall–Kier alpha value is -10.0. The quantitative estimate of drug-likeness (QED) is 0.103. The fourth-order valence-electron chi connectivity index (χ4n) is 11.5. The summed E-state index contributed by atoms with van der Waals surface area (Å²) in [7, 11) is 2.72. The predicted octanol–water partition coefficient (Wildman–Crippen LogP) is 20.8. The molecule has 8 aromatic carbocycles. The normalized spacial score (nSPS) is 16.7. The minimum absolute atomic E-state index is 0.0106. The molecule has 0 amide bonds. The van der Waals surface area contributed by atoms with Crippen LogP contribution in [0.2, 0.25) is 0 Å². The zero-order valence-corrected chi connectivity index (χ0v) is 51.6. The maximum atomic E-state index is 13.9. The van der Waals surface area contributed by atoms with Crippen LogP contribution in [0.5, 0.6) is 11.5 Å². The molecular weight excluding hydrogens is 1340 g/mol. The van der Waals surface area contributed by atoms with Gasteiger partial charge in [-0.3, -0.25) is 0 Å². The molecule has 2 aliphatic rings. The summed E-state index contributed by atoms with van der Waals surface area (Å²) >= 11 is 0. The SMILES string of the molecule is COc1ccc(-c2ccc(C(=O)O)cc2C)cc1-c1ccc(C(F)(F)F)cc1CC1=NO[C@@H](c2cc(C(F)(F)F)cc(C(F)(F)F)c2)[C@H]1C.COc1ccc(-c2ccc(C(=O)O)cc2C)cc1-c1ccc(C(F)(F)F)cc1CC1=NO[C@H](c2cc(C(F)(F)F)cc(C(F)(F)F)c2)[C@@H]1C. The Kier molecular flexibility index (Phi) is 20.0. The summed E-state index contributed by atoms with van der Waals surface area (Å²) in [5.41, 5.74) is -3.60. The molecule has 0 unspecified atom stereocenters. The standard InChI is InChI=1S/2C35H26F9NO4/c2*1-17-10-20(32(46)47)4-7-26(17)19-5-9-30(48-3)28(14-19)27-8-6-23(33(36,37)38)11-21(27)15-29-18(2)31(49-45-29)22-12-24(34(39,40)41)16-25(13-22)35(42,43)44/h2*4-14,16,18,31H,15H2,1-3H3,(H,46,47)/t2*18-,31+/m10/s1. The molecule has 0 radical (unpaired) electrons. The van der Waals surface area contributed by atoms with E-state index < -0.39 is 118 Å². The first-order chi connectivity index (χ1) is 45.5. The number of rotatable bonds is 14. The topological polar surface area (TPSA) is 136 Å². The number of aromatic carboxylic acids is 2. The third-order valence-electron chi connectivity index (χ3n) is 16.6. The molecule has 2 aliphatic heterocycles. The number of benzene rings is 8. The molecule has 10 rings (SSSR count). The number of halogens is 18. The van der Waals surface area contributed by atoms with E-state index in [0.717, 1.165) is 24.3 Å². The van der Waals surface area contributed by atoms with Gasteiger partial charge in [0.25, 0.3) is 0 Å². The van der Waals surface area contributed by atoms with E-state index in [1.807, 2.05) is 0 Å². The number of alkyl halides is 18. The first kappa shape index (κ1) is 72.3. The van der Waals surface area contributed by atoms with Gasteiger partial charge in [0.1, 0.15) is 11.5 Å². The molecule has 98 heavy (non-hydrogen) atoms. The third-order valence-corrected chi connectivity index (χ3v) is 16.6. The van der Waals surface area contributed by atoms with Crippen LogP contribution in [0.15, 0.2) is 156 Å². The van der Waals surface area contributed by atoms with Crippen LogP contribution in [0.25, 0.3) is 44.5 Å². The molecule has 10 nitrogen and oxygen atoms in total. The van der Waals surface area contributed by atoms with Crippen LogP contribution in [0.4, 0.5) is 79.0 Å². The van der Waals surface area contributed by atoms with Crippen LogP contribution in [-0.4, -0.2) is 47.8 Å². The van der Waals surface area contributed by atoms with Crippen molar-refractivity contribution >= 4 is 23.4 Å². The summed E-state index contributed by atoms with van der Waals surface area (Å²) in [6.07, 6.45) is -33.3. The molecule has 0 bridgehead atoms. The van der Waals surface area contributed by atoms with Crippen molar-refractivity contribution in [3.63, 3.8) is 0 Å². The van der Waals surface area contributed by atoms with Gasteiger partial charge in [-0.1, -0.05) is 60.6 Å². The molecule has 516 valence electrons. The lowest BCUT2D eigenvalue weighted by Gasteiger charge is -2.20. The van der Waals surface area contributed by atoms with Crippen molar-refractivity contribution in [2.24, 2.45) is 22.1 Å². The fraction of sp³-hybridized carbons (Fsp3) is 0.257. The molecule has 0 saturated heterocycles. The van der Waals surface area contributed by atoms with Crippen molar-refractivity contribution in [1.82, 2.24) is 0 Å². The van der Waals surface area contributed by atoms with E-state index in [9.17, 15) is 98.8 Å².